The summed E-state index contributed by atoms with van der Waals surface area (Å²) in [4.78, 5) is 12.2. The van der Waals surface area contributed by atoms with Crippen LogP contribution in [0.2, 0.25) is 0 Å². The molecule has 0 aromatic heterocycles. The van der Waals surface area contributed by atoms with Gasteiger partial charge in [0.2, 0.25) is 0 Å². The molecule has 4 nitrogen and oxygen atoms in total. The zero-order valence-electron chi connectivity index (χ0n) is 10.4. The van der Waals surface area contributed by atoms with Gasteiger partial charge in [0.25, 0.3) is 0 Å². The standard InChI is InChI=1S/C13H17NO3/c1-8-4-11(16-2)12(17-3)5-10(8)13(15)9-6-14-7-9/h4-5,9,14H,6-7H2,1-3H3. The highest BCUT2D eigenvalue weighted by Crippen LogP contribution is 2.31. The number of hydrogen-bond donors (Lipinski definition) is 1. The van der Waals surface area contributed by atoms with Crippen molar-refractivity contribution < 1.29 is 14.3 Å². The molecule has 1 aromatic rings. The molecule has 1 N–H and O–H groups in total. The van der Waals surface area contributed by atoms with Gasteiger partial charge in [-0.2, -0.15) is 0 Å². The summed E-state index contributed by atoms with van der Waals surface area (Å²) in [5, 5.41) is 3.11. The summed E-state index contributed by atoms with van der Waals surface area (Å²) in [5.41, 5.74) is 1.66. The van der Waals surface area contributed by atoms with Crippen LogP contribution >= 0.6 is 0 Å². The maximum atomic E-state index is 12.2. The van der Waals surface area contributed by atoms with Crippen molar-refractivity contribution in [1.29, 1.82) is 0 Å². The number of ether oxygens (including phenoxy) is 2. The van der Waals surface area contributed by atoms with Gasteiger partial charge in [0.15, 0.2) is 17.3 Å². The number of carbonyl (C=O) groups excluding carboxylic acids is 1. The molecule has 17 heavy (non-hydrogen) atoms. The Bertz CT molecular complexity index is 439. The van der Waals surface area contributed by atoms with Crippen molar-refractivity contribution in [3.8, 4) is 11.5 Å². The van der Waals surface area contributed by atoms with Gasteiger partial charge in [-0.05, 0) is 24.6 Å². The van der Waals surface area contributed by atoms with E-state index >= 15 is 0 Å². The molecular weight excluding hydrogens is 218 g/mol. The summed E-state index contributed by atoms with van der Waals surface area (Å²) < 4.78 is 10.4. The van der Waals surface area contributed by atoms with E-state index in [1.165, 1.54) is 0 Å². The van der Waals surface area contributed by atoms with Gasteiger partial charge in [0, 0.05) is 24.6 Å². The van der Waals surface area contributed by atoms with Crippen LogP contribution in [0.3, 0.4) is 0 Å². The number of rotatable bonds is 4. The van der Waals surface area contributed by atoms with Gasteiger partial charge in [0.05, 0.1) is 14.2 Å². The molecule has 1 aliphatic heterocycles. The predicted octanol–water partition coefficient (Wildman–Crippen LogP) is 1.41. The molecule has 0 amide bonds. The zero-order chi connectivity index (χ0) is 12.4. The molecule has 1 aliphatic rings. The van der Waals surface area contributed by atoms with E-state index in [1.54, 1.807) is 20.3 Å². The summed E-state index contributed by atoms with van der Waals surface area (Å²) in [7, 11) is 3.17. The molecule has 0 unspecified atom stereocenters. The lowest BCUT2D eigenvalue weighted by Gasteiger charge is -2.26. The minimum Gasteiger partial charge on any atom is -0.493 e. The fourth-order valence-corrected chi connectivity index (χ4v) is 1.94. The molecule has 0 radical (unpaired) electrons. The quantitative estimate of drug-likeness (QED) is 0.802. The second-order valence-corrected chi connectivity index (χ2v) is 4.24. The first-order chi connectivity index (χ1) is 8.17. The fraction of sp³-hybridized carbons (Fsp3) is 0.462. The number of ketones is 1. The van der Waals surface area contributed by atoms with E-state index in [-0.39, 0.29) is 11.7 Å². The third kappa shape index (κ3) is 2.13. The molecule has 0 saturated carbocycles. The number of nitrogens with one attached hydrogen (secondary N) is 1. The third-order valence-corrected chi connectivity index (χ3v) is 3.15. The molecule has 0 atom stereocenters. The molecule has 1 saturated heterocycles. The summed E-state index contributed by atoms with van der Waals surface area (Å²) in [5.74, 6) is 1.55. The summed E-state index contributed by atoms with van der Waals surface area (Å²) >= 11 is 0. The Hall–Kier alpha value is -1.55. The molecule has 4 heteroatoms. The molecule has 1 fully saturated rings. The second-order valence-electron chi connectivity index (χ2n) is 4.24. The van der Waals surface area contributed by atoms with E-state index in [1.807, 2.05) is 13.0 Å². The smallest absolute Gasteiger partial charge is 0.168 e. The summed E-state index contributed by atoms with van der Waals surface area (Å²) in [6, 6.07) is 3.62. The fourth-order valence-electron chi connectivity index (χ4n) is 1.94. The first kappa shape index (κ1) is 11.9. The highest BCUT2D eigenvalue weighted by atomic mass is 16.5. The lowest BCUT2D eigenvalue weighted by Crippen LogP contribution is -2.46. The predicted molar refractivity (Wildman–Crippen MR) is 65.0 cm³/mol. The molecule has 0 spiro atoms. The average Bonchev–Trinajstić information content (AvgIpc) is 2.26. The van der Waals surface area contributed by atoms with Gasteiger partial charge in [-0.3, -0.25) is 4.79 Å². The van der Waals surface area contributed by atoms with Crippen LogP contribution in [0, 0.1) is 12.8 Å². The van der Waals surface area contributed by atoms with Crippen molar-refractivity contribution in [3.63, 3.8) is 0 Å². The number of methoxy groups -OCH3 is 2. The van der Waals surface area contributed by atoms with Crippen molar-refractivity contribution in [2.24, 2.45) is 5.92 Å². The molecular formula is C13H17NO3. The first-order valence-corrected chi connectivity index (χ1v) is 5.65. The Morgan fingerprint density at radius 2 is 1.82 bits per heavy atom. The maximum absolute atomic E-state index is 12.2. The van der Waals surface area contributed by atoms with Crippen LogP contribution < -0.4 is 14.8 Å². The van der Waals surface area contributed by atoms with Crippen LogP contribution in [0.1, 0.15) is 15.9 Å². The van der Waals surface area contributed by atoms with Crippen LogP contribution in [0.15, 0.2) is 12.1 Å². The van der Waals surface area contributed by atoms with Crippen LogP contribution in [-0.4, -0.2) is 33.1 Å². The van der Waals surface area contributed by atoms with E-state index in [0.717, 1.165) is 24.2 Å². The monoisotopic (exact) mass is 235 g/mol. The number of carbonyl (C=O) groups is 1. The van der Waals surface area contributed by atoms with Gasteiger partial charge in [-0.25, -0.2) is 0 Å². The highest BCUT2D eigenvalue weighted by molar-refractivity contribution is 6.00. The molecule has 0 aliphatic carbocycles. The van der Waals surface area contributed by atoms with Gasteiger partial charge in [-0.1, -0.05) is 0 Å². The van der Waals surface area contributed by atoms with Gasteiger partial charge >= 0.3 is 0 Å². The Morgan fingerprint density at radius 3 is 2.29 bits per heavy atom. The number of benzene rings is 1. The van der Waals surface area contributed by atoms with Crippen LogP contribution in [0.25, 0.3) is 0 Å². The Labute approximate surface area is 101 Å². The SMILES string of the molecule is COc1cc(C)c(C(=O)C2CNC2)cc1OC. The largest absolute Gasteiger partial charge is 0.493 e. The molecule has 1 heterocycles. The number of Topliss-reactive ketones (excluding diaryl/α,β-unsaturated/α-hetero) is 1. The second kappa shape index (κ2) is 4.75. The first-order valence-electron chi connectivity index (χ1n) is 5.65. The third-order valence-electron chi connectivity index (χ3n) is 3.15. The van der Waals surface area contributed by atoms with E-state index in [4.69, 9.17) is 9.47 Å². The molecule has 92 valence electrons. The minimum absolute atomic E-state index is 0.104. The van der Waals surface area contributed by atoms with Crippen molar-refractivity contribution in [1.82, 2.24) is 5.32 Å². The molecule has 2 rings (SSSR count). The van der Waals surface area contributed by atoms with Crippen molar-refractivity contribution in [3.05, 3.63) is 23.3 Å². The summed E-state index contributed by atoms with van der Waals surface area (Å²) in [6.45, 7) is 3.46. The maximum Gasteiger partial charge on any atom is 0.168 e. The highest BCUT2D eigenvalue weighted by Gasteiger charge is 2.27. The molecule has 1 aromatic carbocycles. The lowest BCUT2D eigenvalue weighted by atomic mass is 9.90. The van der Waals surface area contributed by atoms with E-state index in [9.17, 15) is 4.79 Å². The number of hydrogen-bond acceptors (Lipinski definition) is 4. The Balaban J connectivity index is 2.36. The topological polar surface area (TPSA) is 47.6 Å². The van der Waals surface area contributed by atoms with Crippen molar-refractivity contribution in [2.45, 2.75) is 6.92 Å². The number of aryl methyl sites for hydroxylation is 1. The molecule has 0 bridgehead atoms. The van der Waals surface area contributed by atoms with Crippen LogP contribution in [0.5, 0.6) is 11.5 Å². The Kier molecular flexibility index (Phi) is 3.33. The van der Waals surface area contributed by atoms with Crippen molar-refractivity contribution in [2.75, 3.05) is 27.3 Å². The van der Waals surface area contributed by atoms with E-state index in [0.29, 0.717) is 11.5 Å². The normalized spacial score (nSPS) is 15.2. The minimum atomic E-state index is 0.104. The van der Waals surface area contributed by atoms with Gasteiger partial charge < -0.3 is 14.8 Å². The van der Waals surface area contributed by atoms with E-state index < -0.39 is 0 Å². The van der Waals surface area contributed by atoms with Crippen LogP contribution in [0.4, 0.5) is 0 Å². The van der Waals surface area contributed by atoms with Crippen molar-refractivity contribution >= 4 is 5.78 Å². The lowest BCUT2D eigenvalue weighted by molar-refractivity contribution is 0.0877. The van der Waals surface area contributed by atoms with Gasteiger partial charge in [-0.15, -0.1) is 0 Å². The van der Waals surface area contributed by atoms with Gasteiger partial charge in [0.1, 0.15) is 0 Å². The van der Waals surface area contributed by atoms with E-state index in [2.05, 4.69) is 5.32 Å². The Morgan fingerprint density at radius 1 is 1.24 bits per heavy atom. The average molecular weight is 235 g/mol. The summed E-state index contributed by atoms with van der Waals surface area (Å²) in [6.07, 6.45) is 0. The zero-order valence-corrected chi connectivity index (χ0v) is 10.4. The van der Waals surface area contributed by atoms with Crippen LogP contribution in [-0.2, 0) is 0 Å².